The third-order valence-corrected chi connectivity index (χ3v) is 6.85. The molecule has 0 aliphatic heterocycles. The van der Waals surface area contributed by atoms with E-state index in [2.05, 4.69) is 33.9 Å². The minimum absolute atomic E-state index is 0.170. The van der Waals surface area contributed by atoms with Crippen LogP contribution < -0.4 is 16.0 Å². The lowest BCUT2D eigenvalue weighted by Crippen LogP contribution is -2.42. The Labute approximate surface area is 200 Å². The number of methoxy groups -OCH3 is 1. The molecular formula is C26H33F2N5O. The van der Waals surface area contributed by atoms with E-state index >= 15 is 0 Å². The van der Waals surface area contributed by atoms with Crippen LogP contribution in [0.15, 0.2) is 30.5 Å². The molecule has 3 N–H and O–H groups in total. The molecule has 1 aromatic carbocycles. The Morgan fingerprint density at radius 1 is 1.12 bits per heavy atom. The van der Waals surface area contributed by atoms with Crippen molar-refractivity contribution < 1.29 is 13.5 Å². The van der Waals surface area contributed by atoms with Crippen LogP contribution in [0, 0.1) is 28.4 Å². The first-order valence-electron chi connectivity index (χ1n) is 12.0. The minimum Gasteiger partial charge on any atom is -0.383 e. The molecule has 1 heterocycles. The average molecular weight is 470 g/mol. The molecule has 6 nitrogen and oxygen atoms in total. The van der Waals surface area contributed by atoms with Gasteiger partial charge in [0.2, 0.25) is 0 Å². The lowest BCUT2D eigenvalue weighted by Gasteiger charge is -2.31. The van der Waals surface area contributed by atoms with Gasteiger partial charge in [-0.1, -0.05) is 0 Å². The van der Waals surface area contributed by atoms with Crippen LogP contribution in [0.3, 0.4) is 0 Å². The molecule has 0 spiro atoms. The molecule has 0 bridgehead atoms. The molecule has 2 fully saturated rings. The minimum atomic E-state index is -0.572. The van der Waals surface area contributed by atoms with Gasteiger partial charge in [0.1, 0.15) is 17.5 Å². The number of anilines is 2. The van der Waals surface area contributed by atoms with Crippen molar-refractivity contribution in [2.45, 2.75) is 63.6 Å². The fourth-order valence-corrected chi connectivity index (χ4v) is 4.63. The molecule has 0 amide bonds. The number of ether oxygens (including phenoxy) is 1. The highest BCUT2D eigenvalue weighted by Gasteiger charge is 2.42. The number of nitrogens with one attached hydrogen (secondary N) is 3. The van der Waals surface area contributed by atoms with Crippen molar-refractivity contribution >= 4 is 11.5 Å². The van der Waals surface area contributed by atoms with E-state index in [9.17, 15) is 14.0 Å². The van der Waals surface area contributed by atoms with Crippen molar-refractivity contribution in [3.63, 3.8) is 0 Å². The molecule has 34 heavy (non-hydrogen) atoms. The van der Waals surface area contributed by atoms with Crippen molar-refractivity contribution in [2.75, 3.05) is 30.9 Å². The summed E-state index contributed by atoms with van der Waals surface area (Å²) in [6.07, 6.45) is 6.88. The van der Waals surface area contributed by atoms with Crippen LogP contribution in [0.2, 0.25) is 0 Å². The van der Waals surface area contributed by atoms with Gasteiger partial charge in [0.25, 0.3) is 0 Å². The Bertz CT molecular complexity index is 1030. The summed E-state index contributed by atoms with van der Waals surface area (Å²) in [5.41, 5.74) is 0.681. The maximum atomic E-state index is 14.7. The smallest absolute Gasteiger partial charge is 0.149 e. The zero-order valence-corrected chi connectivity index (χ0v) is 19.8. The summed E-state index contributed by atoms with van der Waals surface area (Å²) in [6.45, 7) is 3.31. The van der Waals surface area contributed by atoms with E-state index in [1.54, 1.807) is 25.3 Å². The third-order valence-electron chi connectivity index (χ3n) is 6.85. The molecule has 0 saturated heterocycles. The quantitative estimate of drug-likeness (QED) is 0.450. The van der Waals surface area contributed by atoms with E-state index in [1.807, 2.05) is 0 Å². The standard InChI is InChI=1S/C26H33F2N5O/c1-17(14-34-2)32-18-3-5-19(6-4-18)33-25-12-22(24(28)13-30-25)21-11-20(7-8-23(21)27)31-16-26(15-29)9-10-26/h7-8,11-13,17-19,31-32H,3-6,9-10,14,16H2,1-2H3,(H,30,33)/t17-,18?,19?/m0/s1. The van der Waals surface area contributed by atoms with Gasteiger partial charge in [0.15, 0.2) is 0 Å². The van der Waals surface area contributed by atoms with Crippen molar-refractivity contribution in [1.29, 1.82) is 5.26 Å². The van der Waals surface area contributed by atoms with E-state index in [0.717, 1.165) is 44.7 Å². The molecule has 1 atom stereocenters. The highest BCUT2D eigenvalue weighted by Crippen LogP contribution is 2.45. The average Bonchev–Trinajstić information content (AvgIpc) is 3.62. The first-order valence-corrected chi connectivity index (χ1v) is 12.0. The Morgan fingerprint density at radius 2 is 1.82 bits per heavy atom. The van der Waals surface area contributed by atoms with Crippen molar-refractivity contribution in [1.82, 2.24) is 10.3 Å². The van der Waals surface area contributed by atoms with E-state index in [0.29, 0.717) is 36.7 Å². The highest BCUT2D eigenvalue weighted by molar-refractivity contribution is 5.71. The Kier molecular flexibility index (Phi) is 7.64. The number of hydrogen-bond acceptors (Lipinski definition) is 6. The first kappa shape index (κ1) is 24.4. The third kappa shape index (κ3) is 6.02. The zero-order valence-electron chi connectivity index (χ0n) is 19.8. The van der Waals surface area contributed by atoms with Gasteiger partial charge in [0.05, 0.1) is 24.3 Å². The summed E-state index contributed by atoms with van der Waals surface area (Å²) >= 11 is 0. The van der Waals surface area contributed by atoms with E-state index < -0.39 is 11.6 Å². The number of benzene rings is 1. The summed E-state index contributed by atoms with van der Waals surface area (Å²) in [5.74, 6) is -0.531. The number of hydrogen-bond donors (Lipinski definition) is 3. The van der Waals surface area contributed by atoms with Crippen LogP contribution in [0.4, 0.5) is 20.3 Å². The van der Waals surface area contributed by atoms with Crippen molar-refractivity contribution in [3.8, 4) is 17.2 Å². The second kappa shape index (κ2) is 10.7. The summed E-state index contributed by atoms with van der Waals surface area (Å²) in [5, 5.41) is 19.5. The molecule has 4 rings (SSSR count). The van der Waals surface area contributed by atoms with E-state index in [-0.39, 0.29) is 22.6 Å². The number of halogens is 2. The van der Waals surface area contributed by atoms with Gasteiger partial charge in [-0.25, -0.2) is 13.8 Å². The molecule has 8 heteroatoms. The monoisotopic (exact) mass is 469 g/mol. The van der Waals surface area contributed by atoms with Gasteiger partial charge in [-0.2, -0.15) is 5.26 Å². The fraction of sp³-hybridized carbons (Fsp3) is 0.538. The maximum absolute atomic E-state index is 14.7. The summed E-state index contributed by atoms with van der Waals surface area (Å²) in [7, 11) is 1.71. The van der Waals surface area contributed by atoms with Crippen molar-refractivity contribution in [3.05, 3.63) is 42.1 Å². The van der Waals surface area contributed by atoms with Crippen LogP contribution in [0.25, 0.3) is 11.1 Å². The van der Waals surface area contributed by atoms with E-state index in [4.69, 9.17) is 4.74 Å². The molecule has 2 aliphatic carbocycles. The van der Waals surface area contributed by atoms with Crippen LogP contribution in [-0.2, 0) is 4.74 Å². The van der Waals surface area contributed by atoms with Crippen LogP contribution in [0.5, 0.6) is 0 Å². The van der Waals surface area contributed by atoms with Gasteiger partial charge in [-0.15, -0.1) is 0 Å². The molecule has 1 aromatic heterocycles. The van der Waals surface area contributed by atoms with Gasteiger partial charge in [-0.05, 0) is 69.7 Å². The highest BCUT2D eigenvalue weighted by atomic mass is 19.1. The van der Waals surface area contributed by atoms with Crippen LogP contribution in [-0.4, -0.2) is 43.4 Å². The van der Waals surface area contributed by atoms with Crippen LogP contribution in [0.1, 0.15) is 45.4 Å². The lowest BCUT2D eigenvalue weighted by atomic mass is 9.90. The molecular weight excluding hydrogens is 436 g/mol. The Balaban J connectivity index is 1.41. The number of nitrogens with zero attached hydrogens (tertiary/aromatic N) is 2. The first-order chi connectivity index (χ1) is 16.4. The normalized spacial score (nSPS) is 22.0. The summed E-state index contributed by atoms with van der Waals surface area (Å²) in [6, 6.07) is 9.47. The van der Waals surface area contributed by atoms with Crippen LogP contribution >= 0.6 is 0 Å². The number of rotatable bonds is 10. The summed E-state index contributed by atoms with van der Waals surface area (Å²) < 4.78 is 34.6. The fourth-order valence-electron chi connectivity index (χ4n) is 4.63. The number of aromatic nitrogens is 1. The second-order valence-electron chi connectivity index (χ2n) is 9.71. The Morgan fingerprint density at radius 3 is 2.50 bits per heavy atom. The van der Waals surface area contributed by atoms with Gasteiger partial charge in [0, 0.05) is 48.6 Å². The molecule has 0 radical (unpaired) electrons. The SMILES string of the molecule is COC[C@H](C)NC1CCC(Nc2cc(-c3cc(NCC4(C#N)CC4)ccc3F)c(F)cn2)CC1. The summed E-state index contributed by atoms with van der Waals surface area (Å²) in [4.78, 5) is 4.20. The topological polar surface area (TPSA) is 82.0 Å². The zero-order chi connectivity index (χ0) is 24.1. The molecule has 2 aromatic rings. The van der Waals surface area contributed by atoms with Gasteiger partial charge in [-0.3, -0.25) is 0 Å². The largest absolute Gasteiger partial charge is 0.383 e. The van der Waals surface area contributed by atoms with Crippen molar-refractivity contribution in [2.24, 2.45) is 5.41 Å². The lowest BCUT2D eigenvalue weighted by molar-refractivity contribution is 0.161. The number of nitriles is 1. The second-order valence-corrected chi connectivity index (χ2v) is 9.71. The predicted molar refractivity (Wildman–Crippen MR) is 129 cm³/mol. The van der Waals surface area contributed by atoms with E-state index in [1.165, 1.54) is 6.07 Å². The molecule has 0 unspecified atom stereocenters. The van der Waals surface area contributed by atoms with Gasteiger partial charge < -0.3 is 20.7 Å². The van der Waals surface area contributed by atoms with Gasteiger partial charge >= 0.3 is 0 Å². The maximum Gasteiger partial charge on any atom is 0.149 e. The Hall–Kier alpha value is -2.76. The molecule has 2 saturated carbocycles. The molecule has 182 valence electrons. The predicted octanol–water partition coefficient (Wildman–Crippen LogP) is 5.09. The number of pyridine rings is 1. The molecule has 2 aliphatic rings.